The lowest BCUT2D eigenvalue weighted by atomic mass is 10.2. The van der Waals surface area contributed by atoms with Crippen molar-refractivity contribution in [3.8, 4) is 5.69 Å². The number of carbonyl (C=O) groups is 1. The van der Waals surface area contributed by atoms with Gasteiger partial charge in [0.05, 0.1) is 0 Å². The van der Waals surface area contributed by atoms with Crippen LogP contribution in [0.1, 0.15) is 42.0 Å². The number of halogens is 1. The van der Waals surface area contributed by atoms with Gasteiger partial charge in [-0.05, 0) is 37.1 Å². The molecule has 0 bridgehead atoms. The number of aromatic nitrogens is 2. The van der Waals surface area contributed by atoms with Crippen LogP contribution in [-0.2, 0) is 11.3 Å². The van der Waals surface area contributed by atoms with Gasteiger partial charge in [0.1, 0.15) is 18.1 Å². The molecule has 0 spiro atoms. The van der Waals surface area contributed by atoms with E-state index in [9.17, 15) is 4.79 Å². The molecule has 7 heteroatoms. The topological polar surface area (TPSA) is 59.4 Å². The molecule has 2 aromatic rings. The van der Waals surface area contributed by atoms with E-state index in [0.717, 1.165) is 31.6 Å². The molecule has 1 N–H and O–H groups in total. The van der Waals surface area contributed by atoms with Crippen LogP contribution in [-0.4, -0.2) is 40.7 Å². The second kappa shape index (κ2) is 8.47. The smallest absolute Gasteiger partial charge is 0.285 e. The monoisotopic (exact) mass is 362 g/mol. The molecule has 2 heterocycles. The van der Waals surface area contributed by atoms with Gasteiger partial charge in [-0.1, -0.05) is 24.4 Å². The molecule has 1 amide bonds. The molecule has 1 aliphatic rings. The van der Waals surface area contributed by atoms with Crippen molar-refractivity contribution in [3.05, 3.63) is 47.0 Å². The van der Waals surface area contributed by atoms with E-state index >= 15 is 0 Å². The number of hydrogen-bond acceptors (Lipinski definition) is 4. The molecule has 25 heavy (non-hydrogen) atoms. The van der Waals surface area contributed by atoms with E-state index in [1.54, 1.807) is 13.3 Å². The van der Waals surface area contributed by atoms with Gasteiger partial charge >= 0.3 is 0 Å². The number of hydrazine groups is 1. The Morgan fingerprint density at radius 3 is 2.52 bits per heavy atom. The number of ether oxygens (including phenoxy) is 1. The third kappa shape index (κ3) is 4.60. The van der Waals surface area contributed by atoms with Gasteiger partial charge in [0.25, 0.3) is 5.91 Å². The predicted molar refractivity (Wildman–Crippen MR) is 96.8 cm³/mol. The third-order valence-electron chi connectivity index (χ3n) is 4.26. The molecule has 1 fully saturated rings. The van der Waals surface area contributed by atoms with Gasteiger partial charge in [-0.3, -0.25) is 10.2 Å². The molecule has 134 valence electrons. The number of nitrogens with one attached hydrogen (secondary N) is 1. The van der Waals surface area contributed by atoms with Crippen LogP contribution in [0.3, 0.4) is 0 Å². The quantitative estimate of drug-likeness (QED) is 0.887. The minimum absolute atomic E-state index is 0.188. The van der Waals surface area contributed by atoms with Crippen LogP contribution in [0.4, 0.5) is 0 Å². The van der Waals surface area contributed by atoms with Gasteiger partial charge in [-0.2, -0.15) is 0 Å². The summed E-state index contributed by atoms with van der Waals surface area (Å²) in [6, 6.07) is 7.40. The number of nitrogens with zero attached hydrogens (tertiary/aromatic N) is 3. The first-order chi connectivity index (χ1) is 12.2. The highest BCUT2D eigenvalue weighted by Crippen LogP contribution is 2.17. The van der Waals surface area contributed by atoms with Crippen LogP contribution in [0.25, 0.3) is 5.69 Å². The largest absolute Gasteiger partial charge is 0.377 e. The summed E-state index contributed by atoms with van der Waals surface area (Å²) in [5, 5.41) is 2.66. The Morgan fingerprint density at radius 2 is 1.88 bits per heavy atom. The van der Waals surface area contributed by atoms with E-state index in [0.29, 0.717) is 23.1 Å². The Kier molecular flexibility index (Phi) is 6.07. The maximum atomic E-state index is 12.6. The number of hydrogen-bond donors (Lipinski definition) is 1. The van der Waals surface area contributed by atoms with Gasteiger partial charge in [-0.25, -0.2) is 9.99 Å². The van der Waals surface area contributed by atoms with E-state index in [1.807, 2.05) is 33.8 Å². The summed E-state index contributed by atoms with van der Waals surface area (Å²) in [6.07, 6.45) is 6.39. The number of carbonyl (C=O) groups excluding carboxylic acids is 1. The van der Waals surface area contributed by atoms with Crippen LogP contribution in [0, 0.1) is 0 Å². The lowest BCUT2D eigenvalue weighted by molar-refractivity contribution is 0.0789. The summed E-state index contributed by atoms with van der Waals surface area (Å²) in [5.41, 5.74) is 4.24. The maximum absolute atomic E-state index is 12.6. The highest BCUT2D eigenvalue weighted by atomic mass is 35.5. The van der Waals surface area contributed by atoms with Crippen LogP contribution >= 0.6 is 11.6 Å². The molecule has 6 nitrogen and oxygen atoms in total. The first kappa shape index (κ1) is 17.9. The zero-order chi connectivity index (χ0) is 17.6. The Labute approximate surface area is 152 Å². The molecular weight excluding hydrogens is 340 g/mol. The fourth-order valence-electron chi connectivity index (χ4n) is 2.97. The molecule has 1 aliphatic heterocycles. The first-order valence-corrected chi connectivity index (χ1v) is 8.94. The van der Waals surface area contributed by atoms with Crippen LogP contribution in [0.15, 0.2) is 30.5 Å². The molecule has 0 atom stereocenters. The number of benzene rings is 1. The van der Waals surface area contributed by atoms with E-state index in [4.69, 9.17) is 16.3 Å². The normalized spacial score (nSPS) is 15.8. The zero-order valence-electron chi connectivity index (χ0n) is 14.4. The lowest BCUT2D eigenvalue weighted by Crippen LogP contribution is -2.42. The maximum Gasteiger partial charge on any atom is 0.285 e. The number of amides is 1. The van der Waals surface area contributed by atoms with Crippen molar-refractivity contribution in [1.29, 1.82) is 0 Å². The van der Waals surface area contributed by atoms with Crippen molar-refractivity contribution < 1.29 is 9.53 Å². The van der Waals surface area contributed by atoms with Crippen molar-refractivity contribution in [2.24, 2.45) is 0 Å². The Hall–Kier alpha value is -1.89. The second-order valence-electron chi connectivity index (χ2n) is 6.16. The first-order valence-electron chi connectivity index (χ1n) is 8.56. The van der Waals surface area contributed by atoms with E-state index in [-0.39, 0.29) is 5.91 Å². The standard InChI is InChI=1S/C18H23ClN4O2/c1-25-13-17-20-16(12-23(17)15-8-6-14(19)7-9-15)18(24)21-22-10-4-2-3-5-11-22/h6-9,12H,2-5,10-11,13H2,1H3,(H,21,24). The molecule has 1 aromatic carbocycles. The van der Waals surface area contributed by atoms with Gasteiger partial charge in [0.15, 0.2) is 0 Å². The lowest BCUT2D eigenvalue weighted by Gasteiger charge is -2.19. The fourth-order valence-corrected chi connectivity index (χ4v) is 3.09. The minimum Gasteiger partial charge on any atom is -0.377 e. The summed E-state index contributed by atoms with van der Waals surface area (Å²) in [4.78, 5) is 17.0. The van der Waals surface area contributed by atoms with Crippen LogP contribution in [0.2, 0.25) is 5.02 Å². The van der Waals surface area contributed by atoms with Crippen molar-refractivity contribution >= 4 is 17.5 Å². The van der Waals surface area contributed by atoms with Crippen LogP contribution in [0.5, 0.6) is 0 Å². The van der Waals surface area contributed by atoms with Gasteiger partial charge in [-0.15, -0.1) is 0 Å². The van der Waals surface area contributed by atoms with E-state index < -0.39 is 0 Å². The van der Waals surface area contributed by atoms with E-state index in [1.165, 1.54) is 12.8 Å². The second-order valence-corrected chi connectivity index (χ2v) is 6.60. The Balaban J connectivity index is 1.80. The molecule has 1 aromatic heterocycles. The van der Waals surface area contributed by atoms with E-state index in [2.05, 4.69) is 10.4 Å². The van der Waals surface area contributed by atoms with Gasteiger partial charge in [0, 0.05) is 37.1 Å². The molecule has 0 unspecified atom stereocenters. The summed E-state index contributed by atoms with van der Waals surface area (Å²) in [7, 11) is 1.61. The number of imidazole rings is 1. The minimum atomic E-state index is -0.188. The van der Waals surface area contributed by atoms with Gasteiger partial charge in [0.2, 0.25) is 0 Å². The summed E-state index contributed by atoms with van der Waals surface area (Å²) < 4.78 is 7.08. The molecular formula is C18H23ClN4O2. The Bertz CT molecular complexity index is 706. The summed E-state index contributed by atoms with van der Waals surface area (Å²) >= 11 is 5.96. The third-order valence-corrected chi connectivity index (χ3v) is 4.51. The highest BCUT2D eigenvalue weighted by molar-refractivity contribution is 6.30. The van der Waals surface area contributed by atoms with Crippen molar-refractivity contribution in [3.63, 3.8) is 0 Å². The SMILES string of the molecule is COCc1nc(C(=O)NN2CCCCCC2)cn1-c1ccc(Cl)cc1. The molecule has 1 saturated heterocycles. The molecule has 0 radical (unpaired) electrons. The molecule has 3 rings (SSSR count). The average molecular weight is 363 g/mol. The zero-order valence-corrected chi connectivity index (χ0v) is 15.1. The van der Waals surface area contributed by atoms with Gasteiger partial charge < -0.3 is 9.30 Å². The highest BCUT2D eigenvalue weighted by Gasteiger charge is 2.18. The predicted octanol–water partition coefficient (Wildman–Crippen LogP) is 3.19. The number of rotatable bonds is 5. The van der Waals surface area contributed by atoms with Crippen molar-refractivity contribution in [1.82, 2.24) is 20.0 Å². The van der Waals surface area contributed by atoms with Crippen molar-refractivity contribution in [2.45, 2.75) is 32.3 Å². The summed E-state index contributed by atoms with van der Waals surface area (Å²) in [6.45, 7) is 2.09. The Morgan fingerprint density at radius 1 is 1.20 bits per heavy atom. The van der Waals surface area contributed by atoms with Crippen LogP contribution < -0.4 is 5.43 Å². The molecule has 0 saturated carbocycles. The van der Waals surface area contributed by atoms with Crippen molar-refractivity contribution in [2.75, 3.05) is 20.2 Å². The fraction of sp³-hybridized carbons (Fsp3) is 0.444. The number of methoxy groups -OCH3 is 1. The average Bonchev–Trinajstić information content (AvgIpc) is 2.85. The summed E-state index contributed by atoms with van der Waals surface area (Å²) in [5.74, 6) is 0.484. The molecule has 0 aliphatic carbocycles.